The number of amides is 2. The number of hydrogen-bond donors (Lipinski definition) is 2. The second kappa shape index (κ2) is 11.1. The Labute approximate surface area is 197 Å². The molecule has 10 heteroatoms. The molecule has 0 atom stereocenters. The molecule has 0 bridgehead atoms. The number of halogens is 1. The first-order valence-electron chi connectivity index (χ1n) is 10.8. The highest BCUT2D eigenvalue weighted by atomic mass is 32.2. The molecule has 0 aliphatic rings. The Kier molecular flexibility index (Phi) is 8.19. The van der Waals surface area contributed by atoms with Crippen LogP contribution in [0.3, 0.4) is 0 Å². The molecule has 3 rings (SSSR count). The normalized spacial score (nSPS) is 11.4. The van der Waals surface area contributed by atoms with E-state index >= 15 is 0 Å². The molecule has 0 spiro atoms. The quantitative estimate of drug-likeness (QED) is 0.449. The van der Waals surface area contributed by atoms with Gasteiger partial charge in [0, 0.05) is 31.5 Å². The molecule has 8 nitrogen and oxygen atoms in total. The lowest BCUT2D eigenvalue weighted by Gasteiger charge is -2.18. The van der Waals surface area contributed by atoms with E-state index in [9.17, 15) is 22.4 Å². The number of carbonyl (C=O) groups excluding carboxylic acids is 2. The highest BCUT2D eigenvalue weighted by Crippen LogP contribution is 2.25. The number of benzene rings is 2. The fourth-order valence-corrected chi connectivity index (χ4v) is 4.83. The number of aryl methyl sites for hydroxylation is 1. The molecule has 0 aliphatic carbocycles. The fraction of sp³-hybridized carbons (Fsp3) is 0.250. The molecule has 0 radical (unpaired) electrons. The molecule has 2 amide bonds. The molecular formula is C24H26FN3O5S. The summed E-state index contributed by atoms with van der Waals surface area (Å²) in [5.74, 6) is -0.665. The third-order valence-electron chi connectivity index (χ3n) is 5.15. The lowest BCUT2D eigenvalue weighted by Crippen LogP contribution is -2.41. The standard InChI is InChI=1S/C24H26FN3O5S/c1-3-28(4-2)34(31,32)19-9-7-8-17(16-19)24(30)27-26-23(29)15-13-18-12-14-22(33-18)20-10-5-6-11-21(20)25/h5-12,14,16H,3-4,13,15H2,1-2H3,(H,26,29)(H,27,30). The second-order valence-electron chi connectivity index (χ2n) is 7.37. The van der Waals surface area contributed by atoms with E-state index in [0.29, 0.717) is 30.2 Å². The van der Waals surface area contributed by atoms with Gasteiger partial charge in [-0.05, 0) is 42.5 Å². The van der Waals surface area contributed by atoms with Gasteiger partial charge in [0.25, 0.3) is 5.91 Å². The van der Waals surface area contributed by atoms with Crippen LogP contribution in [-0.4, -0.2) is 37.6 Å². The van der Waals surface area contributed by atoms with Crippen LogP contribution in [0.15, 0.2) is 70.0 Å². The van der Waals surface area contributed by atoms with Crippen molar-refractivity contribution in [1.82, 2.24) is 15.2 Å². The van der Waals surface area contributed by atoms with Gasteiger partial charge in [-0.3, -0.25) is 20.4 Å². The molecule has 1 heterocycles. The Hall–Kier alpha value is -3.50. The minimum Gasteiger partial charge on any atom is -0.461 e. The van der Waals surface area contributed by atoms with E-state index in [0.717, 1.165) is 0 Å². The van der Waals surface area contributed by atoms with Crippen molar-refractivity contribution < 1.29 is 26.8 Å². The van der Waals surface area contributed by atoms with Crippen LogP contribution in [0.5, 0.6) is 0 Å². The Morgan fingerprint density at radius 2 is 1.71 bits per heavy atom. The zero-order chi connectivity index (χ0) is 24.7. The Bertz CT molecular complexity index is 1270. The third-order valence-corrected chi connectivity index (χ3v) is 7.20. The summed E-state index contributed by atoms with van der Waals surface area (Å²) in [5.41, 5.74) is 5.01. The predicted octanol–water partition coefficient (Wildman–Crippen LogP) is 3.51. The van der Waals surface area contributed by atoms with Gasteiger partial charge in [0.05, 0.1) is 10.5 Å². The van der Waals surface area contributed by atoms with Crippen LogP contribution in [-0.2, 0) is 21.2 Å². The summed E-state index contributed by atoms with van der Waals surface area (Å²) in [6.07, 6.45) is 0.259. The maximum atomic E-state index is 13.9. The average Bonchev–Trinajstić information content (AvgIpc) is 3.31. The van der Waals surface area contributed by atoms with Crippen molar-refractivity contribution in [2.75, 3.05) is 13.1 Å². The van der Waals surface area contributed by atoms with E-state index in [2.05, 4.69) is 10.9 Å². The lowest BCUT2D eigenvalue weighted by atomic mass is 10.1. The first-order chi connectivity index (χ1) is 16.3. The maximum Gasteiger partial charge on any atom is 0.269 e. The van der Waals surface area contributed by atoms with Crippen molar-refractivity contribution in [2.24, 2.45) is 0 Å². The summed E-state index contributed by atoms with van der Waals surface area (Å²) in [6.45, 7) is 4.08. The van der Waals surface area contributed by atoms with Crippen LogP contribution >= 0.6 is 0 Å². The van der Waals surface area contributed by atoms with Crippen molar-refractivity contribution in [1.29, 1.82) is 0 Å². The minimum atomic E-state index is -3.72. The van der Waals surface area contributed by atoms with Gasteiger partial charge in [0.1, 0.15) is 17.3 Å². The zero-order valence-corrected chi connectivity index (χ0v) is 19.7. The number of sulfonamides is 1. The largest absolute Gasteiger partial charge is 0.461 e. The Balaban J connectivity index is 1.55. The van der Waals surface area contributed by atoms with E-state index in [1.54, 1.807) is 44.2 Å². The molecule has 0 fully saturated rings. The summed E-state index contributed by atoms with van der Waals surface area (Å²) in [5, 5.41) is 0. The van der Waals surface area contributed by atoms with Crippen molar-refractivity contribution >= 4 is 21.8 Å². The lowest BCUT2D eigenvalue weighted by molar-refractivity contribution is -0.121. The first kappa shape index (κ1) is 25.1. The van der Waals surface area contributed by atoms with Crippen molar-refractivity contribution in [3.8, 4) is 11.3 Å². The van der Waals surface area contributed by atoms with Gasteiger partial charge in [-0.2, -0.15) is 4.31 Å². The molecule has 34 heavy (non-hydrogen) atoms. The summed E-state index contributed by atoms with van der Waals surface area (Å²) in [7, 11) is -3.72. The van der Waals surface area contributed by atoms with Crippen LogP contribution < -0.4 is 10.9 Å². The molecule has 2 N–H and O–H groups in total. The van der Waals surface area contributed by atoms with E-state index in [1.165, 1.54) is 34.6 Å². The van der Waals surface area contributed by atoms with Gasteiger partial charge in [-0.1, -0.05) is 32.0 Å². The number of rotatable bonds is 9. The second-order valence-corrected chi connectivity index (χ2v) is 9.30. The minimum absolute atomic E-state index is 0.00125. The summed E-state index contributed by atoms with van der Waals surface area (Å²) < 4.78 is 46.1. The topological polar surface area (TPSA) is 109 Å². The van der Waals surface area contributed by atoms with Gasteiger partial charge >= 0.3 is 0 Å². The molecule has 0 saturated heterocycles. The van der Waals surface area contributed by atoms with Crippen molar-refractivity contribution in [3.63, 3.8) is 0 Å². The highest BCUT2D eigenvalue weighted by Gasteiger charge is 2.22. The van der Waals surface area contributed by atoms with Crippen LogP contribution in [0, 0.1) is 5.82 Å². The van der Waals surface area contributed by atoms with Gasteiger partial charge in [0.15, 0.2) is 0 Å². The molecule has 3 aromatic rings. The molecular weight excluding hydrogens is 461 g/mol. The average molecular weight is 488 g/mol. The Morgan fingerprint density at radius 3 is 2.41 bits per heavy atom. The third kappa shape index (κ3) is 5.89. The number of furan rings is 1. The number of carbonyl (C=O) groups is 2. The van der Waals surface area contributed by atoms with Crippen molar-refractivity contribution in [2.45, 2.75) is 31.6 Å². The molecule has 1 aromatic heterocycles. The Morgan fingerprint density at radius 1 is 0.971 bits per heavy atom. The molecule has 180 valence electrons. The van der Waals surface area contributed by atoms with Gasteiger partial charge < -0.3 is 4.42 Å². The number of hydrazine groups is 1. The monoisotopic (exact) mass is 487 g/mol. The summed E-state index contributed by atoms with van der Waals surface area (Å²) in [4.78, 5) is 24.6. The molecule has 0 unspecified atom stereocenters. The molecule has 2 aromatic carbocycles. The summed E-state index contributed by atoms with van der Waals surface area (Å²) >= 11 is 0. The smallest absolute Gasteiger partial charge is 0.269 e. The summed E-state index contributed by atoms with van der Waals surface area (Å²) in [6, 6.07) is 15.1. The molecule has 0 saturated carbocycles. The highest BCUT2D eigenvalue weighted by molar-refractivity contribution is 7.89. The fourth-order valence-electron chi connectivity index (χ4n) is 3.33. The van der Waals surface area contributed by atoms with Crippen LogP contribution in [0.2, 0.25) is 0 Å². The van der Waals surface area contributed by atoms with E-state index < -0.39 is 27.7 Å². The maximum absolute atomic E-state index is 13.9. The molecule has 0 aliphatic heterocycles. The number of hydrogen-bond acceptors (Lipinski definition) is 5. The predicted molar refractivity (Wildman–Crippen MR) is 125 cm³/mol. The SMILES string of the molecule is CCN(CC)S(=O)(=O)c1cccc(C(=O)NNC(=O)CCc2ccc(-c3ccccc3F)o2)c1. The van der Waals surface area contributed by atoms with Gasteiger partial charge in [-0.15, -0.1) is 0 Å². The number of nitrogens with one attached hydrogen (secondary N) is 2. The van der Waals surface area contributed by atoms with E-state index in [-0.39, 0.29) is 23.3 Å². The van der Waals surface area contributed by atoms with Crippen LogP contribution in [0.25, 0.3) is 11.3 Å². The van der Waals surface area contributed by atoms with Crippen LogP contribution in [0.4, 0.5) is 4.39 Å². The van der Waals surface area contributed by atoms with Crippen LogP contribution in [0.1, 0.15) is 36.4 Å². The van der Waals surface area contributed by atoms with E-state index in [4.69, 9.17) is 4.42 Å². The van der Waals surface area contributed by atoms with E-state index in [1.807, 2.05) is 0 Å². The first-order valence-corrected chi connectivity index (χ1v) is 12.2. The van der Waals surface area contributed by atoms with Gasteiger partial charge in [0.2, 0.25) is 15.9 Å². The zero-order valence-electron chi connectivity index (χ0n) is 18.9. The number of nitrogens with zero attached hydrogens (tertiary/aromatic N) is 1. The van der Waals surface area contributed by atoms with Crippen molar-refractivity contribution in [3.05, 3.63) is 77.8 Å². The van der Waals surface area contributed by atoms with Gasteiger partial charge in [-0.25, -0.2) is 12.8 Å².